The molecule has 1 fully saturated rings. The number of guanidine groups is 1. The van der Waals surface area contributed by atoms with Gasteiger partial charge >= 0.3 is 6.18 Å². The van der Waals surface area contributed by atoms with Crippen molar-refractivity contribution in [2.24, 2.45) is 4.99 Å². The SMILES string of the molecule is CN(C)C(=NCc1ccccc1)NC1CCN(CC(F)(F)F)C1.I. The van der Waals surface area contributed by atoms with E-state index in [0.717, 1.165) is 5.56 Å². The first-order chi connectivity index (χ1) is 10.8. The predicted octanol–water partition coefficient (Wildman–Crippen LogP) is 2.95. The van der Waals surface area contributed by atoms with Gasteiger partial charge in [-0.15, -0.1) is 24.0 Å². The van der Waals surface area contributed by atoms with Gasteiger partial charge in [0.1, 0.15) is 0 Å². The lowest BCUT2D eigenvalue weighted by Crippen LogP contribution is -2.44. The summed E-state index contributed by atoms with van der Waals surface area (Å²) in [5, 5.41) is 3.27. The zero-order chi connectivity index (χ0) is 16.9. The third-order valence-corrected chi connectivity index (χ3v) is 3.69. The van der Waals surface area contributed by atoms with Gasteiger partial charge in [0, 0.05) is 33.2 Å². The van der Waals surface area contributed by atoms with Gasteiger partial charge in [-0.05, 0) is 12.0 Å². The van der Waals surface area contributed by atoms with E-state index in [1.54, 1.807) is 0 Å². The summed E-state index contributed by atoms with van der Waals surface area (Å²) in [7, 11) is 3.75. The first-order valence-electron chi connectivity index (χ1n) is 7.65. The third kappa shape index (κ3) is 7.25. The van der Waals surface area contributed by atoms with Gasteiger partial charge in [0.15, 0.2) is 5.96 Å². The van der Waals surface area contributed by atoms with Crippen molar-refractivity contribution in [2.75, 3.05) is 33.7 Å². The van der Waals surface area contributed by atoms with Crippen LogP contribution in [0.3, 0.4) is 0 Å². The number of benzene rings is 1. The Labute approximate surface area is 158 Å². The number of nitrogens with one attached hydrogen (secondary N) is 1. The second-order valence-electron chi connectivity index (χ2n) is 6.00. The summed E-state index contributed by atoms with van der Waals surface area (Å²) in [6.45, 7) is 0.540. The van der Waals surface area contributed by atoms with Crippen molar-refractivity contribution in [1.29, 1.82) is 0 Å². The molecule has 1 atom stereocenters. The summed E-state index contributed by atoms with van der Waals surface area (Å²) in [4.78, 5) is 7.84. The Balaban J connectivity index is 0.00000288. The van der Waals surface area contributed by atoms with Crippen molar-refractivity contribution in [1.82, 2.24) is 15.1 Å². The fourth-order valence-electron chi connectivity index (χ4n) is 2.60. The molecule has 0 amide bonds. The molecule has 4 nitrogen and oxygen atoms in total. The highest BCUT2D eigenvalue weighted by molar-refractivity contribution is 14.0. The standard InChI is InChI=1S/C16H23F3N4.HI/c1-22(2)15(20-10-13-6-4-3-5-7-13)21-14-8-9-23(11-14)12-16(17,18)19;/h3-7,14H,8-12H2,1-2H3,(H,20,21);1H. The summed E-state index contributed by atoms with van der Waals surface area (Å²) in [5.74, 6) is 0.702. The molecule has 0 bridgehead atoms. The molecule has 1 aromatic rings. The molecule has 1 saturated heterocycles. The zero-order valence-corrected chi connectivity index (χ0v) is 16.2. The molecular formula is C16H24F3IN4. The molecule has 1 aliphatic rings. The summed E-state index contributed by atoms with van der Waals surface area (Å²) >= 11 is 0. The maximum absolute atomic E-state index is 12.4. The highest BCUT2D eigenvalue weighted by atomic mass is 127. The minimum Gasteiger partial charge on any atom is -0.352 e. The predicted molar refractivity (Wildman–Crippen MR) is 101 cm³/mol. The molecule has 8 heteroatoms. The Morgan fingerprint density at radius 1 is 1.29 bits per heavy atom. The van der Waals surface area contributed by atoms with E-state index in [1.807, 2.05) is 49.3 Å². The van der Waals surface area contributed by atoms with Gasteiger partial charge in [-0.2, -0.15) is 13.2 Å². The maximum Gasteiger partial charge on any atom is 0.401 e. The summed E-state index contributed by atoms with van der Waals surface area (Å²) in [6.07, 6.45) is -3.45. The van der Waals surface area contributed by atoms with Gasteiger partial charge in [0.2, 0.25) is 0 Å². The van der Waals surface area contributed by atoms with Crippen molar-refractivity contribution < 1.29 is 13.2 Å². The number of alkyl halides is 3. The smallest absolute Gasteiger partial charge is 0.352 e. The Morgan fingerprint density at radius 2 is 1.96 bits per heavy atom. The molecule has 0 aromatic heterocycles. The average Bonchev–Trinajstić information content (AvgIpc) is 2.89. The normalized spacial score (nSPS) is 19.0. The Morgan fingerprint density at radius 3 is 2.54 bits per heavy atom. The molecular weight excluding hydrogens is 432 g/mol. The topological polar surface area (TPSA) is 30.9 Å². The van der Waals surface area contributed by atoms with Crippen LogP contribution in [0.2, 0.25) is 0 Å². The van der Waals surface area contributed by atoms with Crippen LogP contribution in [0, 0.1) is 0 Å². The van der Waals surface area contributed by atoms with E-state index < -0.39 is 12.7 Å². The van der Waals surface area contributed by atoms with Gasteiger partial charge in [-0.1, -0.05) is 30.3 Å². The van der Waals surface area contributed by atoms with Gasteiger partial charge < -0.3 is 10.2 Å². The average molecular weight is 456 g/mol. The number of nitrogens with zero attached hydrogens (tertiary/aromatic N) is 3. The number of rotatable bonds is 4. The van der Waals surface area contributed by atoms with Gasteiger partial charge in [0.25, 0.3) is 0 Å². The summed E-state index contributed by atoms with van der Waals surface area (Å²) in [6, 6.07) is 9.86. The van der Waals surface area contributed by atoms with Crippen LogP contribution in [-0.2, 0) is 6.54 Å². The van der Waals surface area contributed by atoms with Crippen molar-refractivity contribution >= 4 is 29.9 Å². The number of likely N-dealkylation sites (tertiary alicyclic amines) is 1. The highest BCUT2D eigenvalue weighted by Gasteiger charge is 2.34. The van der Waals surface area contributed by atoms with Gasteiger partial charge in [-0.25, -0.2) is 4.99 Å². The molecule has 1 aliphatic heterocycles. The fraction of sp³-hybridized carbons (Fsp3) is 0.562. The van der Waals surface area contributed by atoms with Crippen LogP contribution in [0.25, 0.3) is 0 Å². The van der Waals surface area contributed by atoms with E-state index >= 15 is 0 Å². The van der Waals surface area contributed by atoms with Crippen LogP contribution in [0.1, 0.15) is 12.0 Å². The second-order valence-corrected chi connectivity index (χ2v) is 6.00. The quantitative estimate of drug-likeness (QED) is 0.430. The Hall–Kier alpha value is -1.03. The van der Waals surface area contributed by atoms with Crippen LogP contribution in [0.15, 0.2) is 35.3 Å². The summed E-state index contributed by atoms with van der Waals surface area (Å²) in [5.41, 5.74) is 1.10. The Kier molecular flexibility index (Phi) is 8.28. The molecule has 0 aliphatic carbocycles. The van der Waals surface area contributed by atoms with Crippen LogP contribution in [0.4, 0.5) is 13.2 Å². The van der Waals surface area contributed by atoms with Crippen LogP contribution in [0.5, 0.6) is 0 Å². The van der Waals surface area contributed by atoms with E-state index in [4.69, 9.17) is 0 Å². The van der Waals surface area contributed by atoms with Gasteiger partial charge in [-0.3, -0.25) is 4.90 Å². The third-order valence-electron chi connectivity index (χ3n) is 3.69. The highest BCUT2D eigenvalue weighted by Crippen LogP contribution is 2.20. The molecule has 0 radical (unpaired) electrons. The zero-order valence-electron chi connectivity index (χ0n) is 13.9. The maximum atomic E-state index is 12.4. The van der Waals surface area contributed by atoms with Crippen LogP contribution < -0.4 is 5.32 Å². The second kappa shape index (κ2) is 9.45. The van der Waals surface area contributed by atoms with Crippen LogP contribution >= 0.6 is 24.0 Å². The van der Waals surface area contributed by atoms with Crippen molar-refractivity contribution in [3.05, 3.63) is 35.9 Å². The number of hydrogen-bond acceptors (Lipinski definition) is 2. The summed E-state index contributed by atoms with van der Waals surface area (Å²) < 4.78 is 37.3. The van der Waals surface area contributed by atoms with E-state index in [-0.39, 0.29) is 30.0 Å². The molecule has 0 spiro atoms. The molecule has 0 saturated carbocycles. The van der Waals surface area contributed by atoms with Crippen LogP contribution in [-0.4, -0.2) is 61.7 Å². The monoisotopic (exact) mass is 456 g/mol. The lowest BCUT2D eigenvalue weighted by atomic mass is 10.2. The number of aliphatic imine (C=N–C) groups is 1. The first-order valence-corrected chi connectivity index (χ1v) is 7.65. The molecule has 1 aromatic carbocycles. The largest absolute Gasteiger partial charge is 0.401 e. The molecule has 24 heavy (non-hydrogen) atoms. The van der Waals surface area contributed by atoms with E-state index in [9.17, 15) is 13.2 Å². The first kappa shape index (κ1) is 21.0. The van der Waals surface area contributed by atoms with E-state index in [1.165, 1.54) is 4.90 Å². The Bertz CT molecular complexity index is 520. The van der Waals surface area contributed by atoms with Gasteiger partial charge in [0.05, 0.1) is 13.1 Å². The van der Waals surface area contributed by atoms with Crippen molar-refractivity contribution in [3.63, 3.8) is 0 Å². The minimum absolute atomic E-state index is 0. The van der Waals surface area contributed by atoms with Crippen molar-refractivity contribution in [3.8, 4) is 0 Å². The molecule has 2 rings (SSSR count). The van der Waals surface area contributed by atoms with E-state index in [2.05, 4.69) is 10.3 Å². The van der Waals surface area contributed by atoms with Crippen molar-refractivity contribution in [2.45, 2.75) is 25.2 Å². The lowest BCUT2D eigenvalue weighted by Gasteiger charge is -2.22. The number of halogens is 4. The fourth-order valence-corrected chi connectivity index (χ4v) is 2.60. The van der Waals surface area contributed by atoms with E-state index in [0.29, 0.717) is 32.0 Å². The number of hydrogen-bond donors (Lipinski definition) is 1. The molecule has 1 N–H and O–H groups in total. The molecule has 1 unspecified atom stereocenters. The molecule has 1 heterocycles. The minimum atomic E-state index is -4.14. The lowest BCUT2D eigenvalue weighted by molar-refractivity contribution is -0.143. The molecule has 136 valence electrons.